The van der Waals surface area contributed by atoms with E-state index in [-0.39, 0.29) is 11.3 Å². The van der Waals surface area contributed by atoms with Gasteiger partial charge in [-0.1, -0.05) is 11.6 Å². The molecule has 0 saturated heterocycles. The summed E-state index contributed by atoms with van der Waals surface area (Å²) < 4.78 is 0.975. The number of rotatable bonds is 2. The molecule has 2 nitrogen and oxygen atoms in total. The second-order valence-electron chi connectivity index (χ2n) is 4.25. The zero-order valence-electron chi connectivity index (χ0n) is 9.54. The van der Waals surface area contributed by atoms with Crippen molar-refractivity contribution in [1.82, 2.24) is 0 Å². The van der Waals surface area contributed by atoms with Gasteiger partial charge in [0, 0.05) is 20.1 Å². The van der Waals surface area contributed by atoms with Crippen LogP contribution >= 0.6 is 50.5 Å². The fourth-order valence-corrected chi connectivity index (χ4v) is 4.60. The largest absolute Gasteiger partial charge is 0.325 e. The average molecular weight is 377 g/mol. The van der Waals surface area contributed by atoms with Gasteiger partial charge in [-0.15, -0.1) is 22.9 Å². The number of anilines is 1. The van der Waals surface area contributed by atoms with E-state index >= 15 is 0 Å². The highest BCUT2D eigenvalue weighted by Crippen LogP contribution is 2.42. The van der Waals surface area contributed by atoms with E-state index < -0.39 is 0 Å². The molecule has 2 heterocycles. The van der Waals surface area contributed by atoms with Crippen LogP contribution in [0.2, 0.25) is 5.02 Å². The molecule has 1 aliphatic heterocycles. The highest BCUT2D eigenvalue weighted by Gasteiger charge is 2.24. The van der Waals surface area contributed by atoms with E-state index in [1.54, 1.807) is 17.4 Å². The first-order valence-electron chi connectivity index (χ1n) is 5.55. The molecule has 1 unspecified atom stereocenters. The average Bonchev–Trinajstić information content (AvgIpc) is 2.92. The molecule has 1 N–H and O–H groups in total. The maximum Gasteiger partial charge on any atom is 0.228 e. The Bertz CT molecular complexity index is 671. The Hall–Kier alpha value is -0.550. The first kappa shape index (κ1) is 13.4. The molecule has 1 atom stereocenters. The van der Waals surface area contributed by atoms with E-state index in [2.05, 4.69) is 21.2 Å². The highest BCUT2D eigenvalue weighted by atomic mass is 79.9. The summed E-state index contributed by atoms with van der Waals surface area (Å²) in [6.07, 6.45) is 0.384. The van der Waals surface area contributed by atoms with E-state index in [0.717, 1.165) is 26.2 Å². The number of fused-ring (bicyclic) bond motifs is 1. The second kappa shape index (κ2) is 5.09. The van der Waals surface area contributed by atoms with Crippen molar-refractivity contribution in [2.45, 2.75) is 11.8 Å². The molecule has 1 aromatic heterocycles. The molecule has 0 aliphatic carbocycles. The maximum atomic E-state index is 11.4. The smallest absolute Gasteiger partial charge is 0.228 e. The van der Waals surface area contributed by atoms with Crippen LogP contribution in [-0.2, 0) is 11.2 Å². The molecule has 0 radical (unpaired) electrons. The van der Waals surface area contributed by atoms with E-state index in [9.17, 15) is 4.79 Å². The third-order valence-corrected chi connectivity index (χ3v) is 5.84. The van der Waals surface area contributed by atoms with Crippen LogP contribution in [0.15, 0.2) is 28.1 Å². The number of hydrogen-bond donors (Lipinski definition) is 1. The van der Waals surface area contributed by atoms with Crippen molar-refractivity contribution in [3.8, 4) is 0 Å². The number of thiophene rings is 1. The van der Waals surface area contributed by atoms with Crippen molar-refractivity contribution in [2.75, 3.05) is 5.32 Å². The molecule has 6 heteroatoms. The van der Waals surface area contributed by atoms with Crippen molar-refractivity contribution in [3.63, 3.8) is 0 Å². The maximum absolute atomic E-state index is 11.4. The Morgan fingerprint density at radius 2 is 2.21 bits per heavy atom. The second-order valence-corrected chi connectivity index (χ2v) is 6.90. The van der Waals surface area contributed by atoms with Crippen LogP contribution in [0, 0.1) is 0 Å². The van der Waals surface area contributed by atoms with Gasteiger partial charge in [0.1, 0.15) is 0 Å². The molecular formula is C13H8BrCl2NOS. The number of nitrogens with one attached hydrogen (secondary N) is 1. The summed E-state index contributed by atoms with van der Waals surface area (Å²) in [4.78, 5) is 12.4. The molecule has 1 amide bonds. The van der Waals surface area contributed by atoms with Gasteiger partial charge in [-0.3, -0.25) is 4.79 Å². The van der Waals surface area contributed by atoms with Gasteiger partial charge in [-0.2, -0.15) is 0 Å². The van der Waals surface area contributed by atoms with Gasteiger partial charge < -0.3 is 5.32 Å². The minimum absolute atomic E-state index is 0.00774. The third kappa shape index (κ3) is 2.42. The molecule has 0 saturated carbocycles. The Morgan fingerprint density at radius 3 is 2.89 bits per heavy atom. The number of amides is 1. The number of alkyl halides is 1. The summed E-state index contributed by atoms with van der Waals surface area (Å²) in [5.74, 6) is -0.00774. The minimum Gasteiger partial charge on any atom is -0.325 e. The van der Waals surface area contributed by atoms with E-state index in [1.807, 2.05) is 17.5 Å². The predicted octanol–water partition coefficient (Wildman–Crippen LogP) is 4.99. The van der Waals surface area contributed by atoms with Gasteiger partial charge in [0.15, 0.2) is 0 Å². The summed E-state index contributed by atoms with van der Waals surface area (Å²) >= 11 is 17.8. The first-order valence-corrected chi connectivity index (χ1v) is 8.04. The van der Waals surface area contributed by atoms with Gasteiger partial charge in [0.05, 0.1) is 11.8 Å². The molecule has 19 heavy (non-hydrogen) atoms. The molecular weight excluding hydrogens is 369 g/mol. The van der Waals surface area contributed by atoms with E-state index in [1.165, 1.54) is 0 Å². The predicted molar refractivity (Wildman–Crippen MR) is 83.5 cm³/mol. The standard InChI is InChI=1S/C13H8BrCl2NOS/c14-8-1-2-19-13(8)12(16)7-3-6-4-11(18)17-10(6)5-9(7)15/h1-3,5,12H,4H2,(H,17,18). The fraction of sp³-hybridized carbons (Fsp3) is 0.154. The number of carbonyl (C=O) groups is 1. The van der Waals surface area contributed by atoms with E-state index in [0.29, 0.717) is 11.4 Å². The normalized spacial score (nSPS) is 15.2. The van der Waals surface area contributed by atoms with Crippen LogP contribution in [-0.4, -0.2) is 5.91 Å². The SMILES string of the molecule is O=C1Cc2cc(C(Cl)c3sccc3Br)c(Cl)cc2N1. The molecule has 0 bridgehead atoms. The number of carbonyl (C=O) groups excluding carboxylic acids is 1. The van der Waals surface area contributed by atoms with Crippen molar-refractivity contribution < 1.29 is 4.79 Å². The van der Waals surface area contributed by atoms with Gasteiger partial charge >= 0.3 is 0 Å². The van der Waals surface area contributed by atoms with Crippen LogP contribution in [0.4, 0.5) is 5.69 Å². The first-order chi connectivity index (χ1) is 9.06. The minimum atomic E-state index is -0.317. The molecule has 1 aromatic carbocycles. The zero-order chi connectivity index (χ0) is 13.6. The summed E-state index contributed by atoms with van der Waals surface area (Å²) in [5.41, 5.74) is 2.57. The molecule has 2 aromatic rings. The summed E-state index contributed by atoms with van der Waals surface area (Å²) in [5, 5.41) is 5.00. The lowest BCUT2D eigenvalue weighted by Gasteiger charge is -2.13. The zero-order valence-corrected chi connectivity index (χ0v) is 13.5. The summed E-state index contributed by atoms with van der Waals surface area (Å²) in [6, 6.07) is 5.65. The molecule has 1 aliphatic rings. The highest BCUT2D eigenvalue weighted by molar-refractivity contribution is 9.10. The van der Waals surface area contributed by atoms with Gasteiger partial charge in [0.2, 0.25) is 5.91 Å². The van der Waals surface area contributed by atoms with Gasteiger partial charge in [-0.25, -0.2) is 0 Å². The quantitative estimate of drug-likeness (QED) is 0.735. The molecule has 98 valence electrons. The molecule has 0 spiro atoms. The third-order valence-electron chi connectivity index (χ3n) is 3.00. The van der Waals surface area contributed by atoms with Crippen LogP contribution in [0.3, 0.4) is 0 Å². The van der Waals surface area contributed by atoms with Gasteiger partial charge in [0.25, 0.3) is 0 Å². The van der Waals surface area contributed by atoms with Crippen molar-refractivity contribution >= 4 is 62.1 Å². The van der Waals surface area contributed by atoms with Crippen LogP contribution in [0.5, 0.6) is 0 Å². The van der Waals surface area contributed by atoms with Crippen molar-refractivity contribution in [2.24, 2.45) is 0 Å². The Kier molecular flexibility index (Phi) is 3.60. The molecule has 3 rings (SSSR count). The number of halogens is 3. The Labute approximate surface area is 132 Å². The Balaban J connectivity index is 2.05. The van der Waals surface area contributed by atoms with Crippen LogP contribution in [0.1, 0.15) is 21.4 Å². The topological polar surface area (TPSA) is 29.1 Å². The van der Waals surface area contributed by atoms with Crippen LogP contribution in [0.25, 0.3) is 0 Å². The van der Waals surface area contributed by atoms with Crippen LogP contribution < -0.4 is 5.32 Å². The Morgan fingerprint density at radius 1 is 1.42 bits per heavy atom. The van der Waals surface area contributed by atoms with Gasteiger partial charge in [-0.05, 0) is 50.6 Å². The fourth-order valence-electron chi connectivity index (χ4n) is 2.09. The lowest BCUT2D eigenvalue weighted by atomic mass is 10.0. The summed E-state index contributed by atoms with van der Waals surface area (Å²) in [7, 11) is 0. The van der Waals surface area contributed by atoms with Crippen molar-refractivity contribution in [1.29, 1.82) is 0 Å². The lowest BCUT2D eigenvalue weighted by molar-refractivity contribution is -0.115. The number of benzene rings is 1. The summed E-state index contributed by atoms with van der Waals surface area (Å²) in [6.45, 7) is 0. The molecule has 0 fully saturated rings. The number of hydrogen-bond acceptors (Lipinski definition) is 2. The lowest BCUT2D eigenvalue weighted by Crippen LogP contribution is -2.03. The monoisotopic (exact) mass is 375 g/mol. The van der Waals surface area contributed by atoms with Crippen molar-refractivity contribution in [3.05, 3.63) is 49.1 Å². The van der Waals surface area contributed by atoms with E-state index in [4.69, 9.17) is 23.2 Å².